The first-order chi connectivity index (χ1) is 15.2. The number of hydrogen-bond donors (Lipinski definition) is 2. The van der Waals surface area contributed by atoms with Crippen molar-refractivity contribution in [1.29, 1.82) is 0 Å². The van der Waals surface area contributed by atoms with Crippen LogP contribution in [-0.4, -0.2) is 91.3 Å². The van der Waals surface area contributed by atoms with Crippen molar-refractivity contribution >= 4 is 28.5 Å². The van der Waals surface area contributed by atoms with E-state index >= 15 is 0 Å². The smallest absolute Gasteiger partial charge is 0.290 e. The van der Waals surface area contributed by atoms with E-state index in [0.29, 0.717) is 50.9 Å². The fourth-order valence-corrected chi connectivity index (χ4v) is 5.74. The molecule has 1 saturated carbocycles. The van der Waals surface area contributed by atoms with Gasteiger partial charge in [-0.05, 0) is 37.7 Å². The van der Waals surface area contributed by atoms with Crippen LogP contribution in [0.2, 0.25) is 0 Å². The standard InChI is InChI=1S/C19H30N6O3S.CH2O2/c1-23(2)29(27,28)25-10-3-7-19(17(26)22-11-15-5-6-15)14-24(12-16(19)13-25)18-20-8-4-9-21-18;2-1-3/h4,8-9,15-16H,3,5-7,10-14H2,1-2H3,(H,22,26);1H,(H,2,3)/t16-,19+;/m1./s1. The van der Waals surface area contributed by atoms with Crippen LogP contribution in [-0.2, 0) is 19.8 Å². The number of anilines is 1. The first-order valence-electron chi connectivity index (χ1n) is 10.8. The van der Waals surface area contributed by atoms with E-state index in [1.807, 2.05) is 4.90 Å². The first-order valence-corrected chi connectivity index (χ1v) is 12.2. The van der Waals surface area contributed by atoms with Gasteiger partial charge in [-0.2, -0.15) is 17.0 Å². The Kier molecular flexibility index (Phi) is 7.67. The van der Waals surface area contributed by atoms with Gasteiger partial charge in [-0.3, -0.25) is 9.59 Å². The second-order valence-electron chi connectivity index (χ2n) is 8.79. The summed E-state index contributed by atoms with van der Waals surface area (Å²) in [7, 11) is -0.427. The maximum Gasteiger partial charge on any atom is 0.290 e. The number of hydrogen-bond acceptors (Lipinski definition) is 7. The lowest BCUT2D eigenvalue weighted by atomic mass is 9.74. The van der Waals surface area contributed by atoms with Crippen molar-refractivity contribution in [1.82, 2.24) is 23.9 Å². The lowest BCUT2D eigenvalue weighted by Crippen LogP contribution is -2.49. The minimum Gasteiger partial charge on any atom is -0.483 e. The predicted octanol–water partition coefficient (Wildman–Crippen LogP) is 0.0284. The van der Waals surface area contributed by atoms with E-state index in [9.17, 15) is 13.2 Å². The molecule has 4 rings (SSSR count). The highest BCUT2D eigenvalue weighted by atomic mass is 32.2. The zero-order chi connectivity index (χ0) is 23.4. The number of carbonyl (C=O) groups excluding carboxylic acids is 1. The molecule has 2 aliphatic heterocycles. The van der Waals surface area contributed by atoms with Gasteiger partial charge in [0.2, 0.25) is 11.9 Å². The molecule has 1 amide bonds. The number of nitrogens with zero attached hydrogens (tertiary/aromatic N) is 5. The van der Waals surface area contributed by atoms with Crippen molar-refractivity contribution in [2.45, 2.75) is 25.7 Å². The highest BCUT2D eigenvalue weighted by Gasteiger charge is 2.54. The number of rotatable bonds is 6. The largest absolute Gasteiger partial charge is 0.483 e. The van der Waals surface area contributed by atoms with Gasteiger partial charge < -0.3 is 15.3 Å². The minimum atomic E-state index is -3.53. The molecule has 1 aromatic rings. The molecular weight excluding hydrogens is 436 g/mol. The van der Waals surface area contributed by atoms with Crippen molar-refractivity contribution in [3.63, 3.8) is 0 Å². The van der Waals surface area contributed by atoms with Crippen LogP contribution in [0.15, 0.2) is 18.5 Å². The Morgan fingerprint density at radius 1 is 1.31 bits per heavy atom. The molecule has 11 nitrogen and oxygen atoms in total. The summed E-state index contributed by atoms with van der Waals surface area (Å²) in [6.45, 7) is 2.33. The molecule has 1 aliphatic carbocycles. The number of aromatic nitrogens is 2. The van der Waals surface area contributed by atoms with Gasteiger partial charge in [-0.1, -0.05) is 0 Å². The summed E-state index contributed by atoms with van der Waals surface area (Å²) < 4.78 is 28.4. The molecule has 3 aliphatic rings. The Bertz CT molecular complexity index is 895. The number of carboxylic acid groups (broad SMARTS) is 1. The Labute approximate surface area is 189 Å². The highest BCUT2D eigenvalue weighted by Crippen LogP contribution is 2.44. The predicted molar refractivity (Wildman–Crippen MR) is 118 cm³/mol. The minimum absolute atomic E-state index is 0.0527. The van der Waals surface area contributed by atoms with Crippen LogP contribution in [0.5, 0.6) is 0 Å². The third-order valence-electron chi connectivity index (χ3n) is 6.47. The van der Waals surface area contributed by atoms with Gasteiger partial charge in [-0.15, -0.1) is 0 Å². The zero-order valence-electron chi connectivity index (χ0n) is 18.6. The van der Waals surface area contributed by atoms with Crippen LogP contribution in [0.1, 0.15) is 25.7 Å². The Morgan fingerprint density at radius 2 is 1.97 bits per heavy atom. The third kappa shape index (κ3) is 5.18. The van der Waals surface area contributed by atoms with E-state index in [0.717, 1.165) is 6.54 Å². The Morgan fingerprint density at radius 3 is 2.56 bits per heavy atom. The normalized spacial score (nSPS) is 26.0. The van der Waals surface area contributed by atoms with E-state index in [4.69, 9.17) is 9.90 Å². The molecule has 3 fully saturated rings. The van der Waals surface area contributed by atoms with Gasteiger partial charge in [0.25, 0.3) is 16.7 Å². The summed E-state index contributed by atoms with van der Waals surface area (Å²) in [5.41, 5.74) is -0.620. The van der Waals surface area contributed by atoms with Gasteiger partial charge in [0.05, 0.1) is 5.41 Å². The van der Waals surface area contributed by atoms with Crippen LogP contribution in [0, 0.1) is 17.3 Å². The third-order valence-corrected chi connectivity index (χ3v) is 8.38. The number of nitrogens with one attached hydrogen (secondary N) is 1. The molecule has 12 heteroatoms. The van der Waals surface area contributed by atoms with E-state index in [-0.39, 0.29) is 18.3 Å². The average Bonchev–Trinajstić information content (AvgIpc) is 3.56. The van der Waals surface area contributed by atoms with Gasteiger partial charge in [0, 0.05) is 65.1 Å². The molecule has 0 unspecified atom stereocenters. The van der Waals surface area contributed by atoms with Crippen molar-refractivity contribution in [2.24, 2.45) is 17.3 Å². The van der Waals surface area contributed by atoms with Crippen LogP contribution in [0.4, 0.5) is 5.95 Å². The quantitative estimate of drug-likeness (QED) is 0.558. The Balaban J connectivity index is 0.000000913. The highest BCUT2D eigenvalue weighted by molar-refractivity contribution is 7.86. The lowest BCUT2D eigenvalue weighted by molar-refractivity contribution is -0.132. The van der Waals surface area contributed by atoms with E-state index in [2.05, 4.69) is 15.3 Å². The Hall–Kier alpha value is -2.31. The van der Waals surface area contributed by atoms with Crippen molar-refractivity contribution in [3.8, 4) is 0 Å². The first kappa shape index (κ1) is 24.3. The van der Waals surface area contributed by atoms with Crippen molar-refractivity contribution in [3.05, 3.63) is 18.5 Å². The number of carbonyl (C=O) groups is 2. The molecule has 178 valence electrons. The van der Waals surface area contributed by atoms with E-state index in [1.165, 1.54) is 21.5 Å². The van der Waals surface area contributed by atoms with E-state index < -0.39 is 15.6 Å². The molecule has 3 heterocycles. The summed E-state index contributed by atoms with van der Waals surface area (Å²) in [6, 6.07) is 1.77. The van der Waals surface area contributed by atoms with Crippen molar-refractivity contribution in [2.75, 3.05) is 51.7 Å². The summed E-state index contributed by atoms with van der Waals surface area (Å²) in [6.07, 6.45) is 7.06. The second-order valence-corrected chi connectivity index (χ2v) is 10.9. The molecule has 2 atom stereocenters. The number of fused-ring (bicyclic) bond motifs is 1. The molecule has 2 saturated heterocycles. The van der Waals surface area contributed by atoms with Gasteiger partial charge >= 0.3 is 0 Å². The van der Waals surface area contributed by atoms with Crippen LogP contribution < -0.4 is 10.2 Å². The van der Waals surface area contributed by atoms with Crippen LogP contribution >= 0.6 is 0 Å². The van der Waals surface area contributed by atoms with Gasteiger partial charge in [0.1, 0.15) is 0 Å². The molecule has 0 spiro atoms. The number of amides is 1. The molecule has 0 radical (unpaired) electrons. The SMILES string of the molecule is CN(C)S(=O)(=O)N1CCC[C@]2(C(=O)NCC3CC3)CN(c3ncccn3)C[C@@H]2C1.O=CO. The molecule has 2 N–H and O–H groups in total. The lowest BCUT2D eigenvalue weighted by Gasteiger charge is -2.32. The van der Waals surface area contributed by atoms with Crippen molar-refractivity contribution < 1.29 is 23.1 Å². The average molecular weight is 469 g/mol. The second kappa shape index (κ2) is 10.1. The van der Waals surface area contributed by atoms with Gasteiger partial charge in [-0.25, -0.2) is 9.97 Å². The maximum atomic E-state index is 13.4. The molecular formula is C20H32N6O5S. The monoisotopic (exact) mass is 468 g/mol. The van der Waals surface area contributed by atoms with Gasteiger partial charge in [0.15, 0.2) is 0 Å². The molecule has 0 aromatic carbocycles. The van der Waals surface area contributed by atoms with Crippen LogP contribution in [0.3, 0.4) is 0 Å². The zero-order valence-corrected chi connectivity index (χ0v) is 19.4. The fraction of sp³-hybridized carbons (Fsp3) is 0.700. The summed E-state index contributed by atoms with van der Waals surface area (Å²) in [4.78, 5) is 32.5. The van der Waals surface area contributed by atoms with Crippen LogP contribution in [0.25, 0.3) is 0 Å². The molecule has 1 aromatic heterocycles. The maximum absolute atomic E-state index is 13.4. The summed E-state index contributed by atoms with van der Waals surface area (Å²) in [5.74, 6) is 1.14. The molecule has 0 bridgehead atoms. The topological polar surface area (TPSA) is 136 Å². The fourth-order valence-electron chi connectivity index (χ4n) is 4.55. The molecule has 32 heavy (non-hydrogen) atoms. The summed E-state index contributed by atoms with van der Waals surface area (Å²) in [5, 5.41) is 10.1. The van der Waals surface area contributed by atoms with E-state index in [1.54, 1.807) is 32.6 Å². The summed E-state index contributed by atoms with van der Waals surface area (Å²) >= 11 is 0.